The van der Waals surface area contributed by atoms with Crippen LogP contribution in [-0.2, 0) is 16.1 Å². The summed E-state index contributed by atoms with van der Waals surface area (Å²) in [5, 5.41) is 9.52. The van der Waals surface area contributed by atoms with E-state index in [4.69, 9.17) is 0 Å². The maximum atomic E-state index is 12.6. The second-order valence-electron chi connectivity index (χ2n) is 7.08. The first-order chi connectivity index (χ1) is 13.5. The van der Waals surface area contributed by atoms with Crippen molar-refractivity contribution >= 4 is 23.5 Å². The van der Waals surface area contributed by atoms with E-state index in [2.05, 4.69) is 29.6 Å². The first-order valence-corrected chi connectivity index (χ1v) is 9.44. The summed E-state index contributed by atoms with van der Waals surface area (Å²) in [5.74, 6) is -0.114. The topological polar surface area (TPSA) is 96.3 Å². The summed E-state index contributed by atoms with van der Waals surface area (Å²) in [4.78, 5) is 38.0. The van der Waals surface area contributed by atoms with E-state index >= 15 is 0 Å². The molecule has 148 valence electrons. The Kier molecular flexibility index (Phi) is 6.08. The standard InChI is InChI=1S/C20H25N5O3/c1-14(2)15-4-6-16(7-5-15)25-19(27)17(23-20(25)28)8-9-18(26)21-11-13-24-12-3-10-22-24/h3-7,10,12,14,17H,8-9,11,13H2,1-2H3,(H,21,26)(H,23,28)/t17-/m1/s1. The monoisotopic (exact) mass is 383 g/mol. The van der Waals surface area contributed by atoms with Crippen LogP contribution in [0.4, 0.5) is 10.5 Å². The van der Waals surface area contributed by atoms with Crippen molar-refractivity contribution < 1.29 is 14.4 Å². The molecule has 1 saturated heterocycles. The number of benzene rings is 1. The van der Waals surface area contributed by atoms with Crippen LogP contribution in [-0.4, -0.2) is 40.2 Å². The minimum absolute atomic E-state index is 0.158. The van der Waals surface area contributed by atoms with Gasteiger partial charge in [0, 0.05) is 25.4 Å². The third kappa shape index (κ3) is 4.57. The highest BCUT2D eigenvalue weighted by molar-refractivity contribution is 6.21. The van der Waals surface area contributed by atoms with E-state index in [1.54, 1.807) is 23.0 Å². The van der Waals surface area contributed by atoms with E-state index in [9.17, 15) is 14.4 Å². The molecule has 0 aliphatic carbocycles. The number of carbonyl (C=O) groups is 3. The zero-order valence-electron chi connectivity index (χ0n) is 16.1. The van der Waals surface area contributed by atoms with Gasteiger partial charge in [-0.1, -0.05) is 26.0 Å². The van der Waals surface area contributed by atoms with Crippen molar-refractivity contribution in [1.29, 1.82) is 0 Å². The summed E-state index contributed by atoms with van der Waals surface area (Å²) >= 11 is 0. The summed E-state index contributed by atoms with van der Waals surface area (Å²) in [6, 6.07) is 8.06. The van der Waals surface area contributed by atoms with Gasteiger partial charge in [0.2, 0.25) is 5.91 Å². The van der Waals surface area contributed by atoms with Gasteiger partial charge >= 0.3 is 6.03 Å². The fourth-order valence-electron chi connectivity index (χ4n) is 3.09. The quantitative estimate of drug-likeness (QED) is 0.682. The molecule has 0 saturated carbocycles. The van der Waals surface area contributed by atoms with Crippen LogP contribution in [0.3, 0.4) is 0 Å². The Labute approximate surface area is 163 Å². The highest BCUT2D eigenvalue weighted by Gasteiger charge is 2.38. The highest BCUT2D eigenvalue weighted by Crippen LogP contribution is 2.24. The van der Waals surface area contributed by atoms with E-state index in [1.165, 1.54) is 0 Å². The summed E-state index contributed by atoms with van der Waals surface area (Å²) in [6.45, 7) is 5.20. The van der Waals surface area contributed by atoms with Crippen LogP contribution in [0.2, 0.25) is 0 Å². The Hall–Kier alpha value is -3.16. The lowest BCUT2D eigenvalue weighted by Crippen LogP contribution is -2.33. The molecule has 3 rings (SSSR count). The van der Waals surface area contributed by atoms with Gasteiger partial charge in [-0.3, -0.25) is 14.3 Å². The third-order valence-corrected chi connectivity index (χ3v) is 4.72. The Morgan fingerprint density at radius 3 is 2.64 bits per heavy atom. The molecule has 0 unspecified atom stereocenters. The predicted molar refractivity (Wildman–Crippen MR) is 105 cm³/mol. The maximum Gasteiger partial charge on any atom is 0.329 e. The molecule has 28 heavy (non-hydrogen) atoms. The van der Waals surface area contributed by atoms with E-state index in [0.29, 0.717) is 24.7 Å². The number of imide groups is 1. The molecule has 2 heterocycles. The van der Waals surface area contributed by atoms with E-state index in [1.807, 2.05) is 24.4 Å². The van der Waals surface area contributed by atoms with Gasteiger partial charge in [-0.15, -0.1) is 0 Å². The molecule has 0 radical (unpaired) electrons. The molecule has 1 aromatic carbocycles. The predicted octanol–water partition coefficient (Wildman–Crippen LogP) is 2.03. The van der Waals surface area contributed by atoms with Crippen LogP contribution in [0, 0.1) is 0 Å². The summed E-state index contributed by atoms with van der Waals surface area (Å²) in [6.07, 6.45) is 3.92. The van der Waals surface area contributed by atoms with Crippen molar-refractivity contribution in [2.75, 3.05) is 11.4 Å². The minimum atomic E-state index is -0.686. The zero-order chi connectivity index (χ0) is 20.1. The van der Waals surface area contributed by atoms with Crippen molar-refractivity contribution in [3.05, 3.63) is 48.3 Å². The van der Waals surface area contributed by atoms with Gasteiger partial charge in [-0.25, -0.2) is 9.69 Å². The zero-order valence-corrected chi connectivity index (χ0v) is 16.1. The van der Waals surface area contributed by atoms with Crippen molar-refractivity contribution in [3.63, 3.8) is 0 Å². The minimum Gasteiger partial charge on any atom is -0.354 e. The second-order valence-corrected chi connectivity index (χ2v) is 7.08. The smallest absolute Gasteiger partial charge is 0.329 e. The van der Waals surface area contributed by atoms with Crippen molar-refractivity contribution in [2.45, 2.75) is 45.2 Å². The number of nitrogens with zero attached hydrogens (tertiary/aromatic N) is 3. The molecule has 4 amide bonds. The van der Waals surface area contributed by atoms with Crippen LogP contribution < -0.4 is 15.5 Å². The highest BCUT2D eigenvalue weighted by atomic mass is 16.2. The van der Waals surface area contributed by atoms with Gasteiger partial charge in [-0.2, -0.15) is 5.10 Å². The Bertz CT molecular complexity index is 830. The van der Waals surface area contributed by atoms with Crippen molar-refractivity contribution in [3.8, 4) is 0 Å². The van der Waals surface area contributed by atoms with Gasteiger partial charge in [0.15, 0.2) is 0 Å². The lowest BCUT2D eigenvalue weighted by atomic mass is 10.0. The molecule has 0 bridgehead atoms. The molecule has 1 aliphatic heterocycles. The van der Waals surface area contributed by atoms with Crippen LogP contribution in [0.1, 0.15) is 38.2 Å². The molecule has 1 aromatic heterocycles. The summed E-state index contributed by atoms with van der Waals surface area (Å²) in [5.41, 5.74) is 1.68. The van der Waals surface area contributed by atoms with Crippen LogP contribution >= 0.6 is 0 Å². The number of aromatic nitrogens is 2. The number of hydrogen-bond acceptors (Lipinski definition) is 4. The summed E-state index contributed by atoms with van der Waals surface area (Å²) in [7, 11) is 0. The Morgan fingerprint density at radius 2 is 2.00 bits per heavy atom. The van der Waals surface area contributed by atoms with Crippen LogP contribution in [0.25, 0.3) is 0 Å². The van der Waals surface area contributed by atoms with E-state index in [0.717, 1.165) is 10.5 Å². The molecule has 1 fully saturated rings. The van der Waals surface area contributed by atoms with Crippen LogP contribution in [0.5, 0.6) is 0 Å². The molecule has 0 spiro atoms. The third-order valence-electron chi connectivity index (χ3n) is 4.72. The number of nitrogens with one attached hydrogen (secondary N) is 2. The lowest BCUT2D eigenvalue weighted by Gasteiger charge is -2.14. The SMILES string of the molecule is CC(C)c1ccc(N2C(=O)N[C@H](CCC(=O)NCCn3cccn3)C2=O)cc1. The molecule has 1 aliphatic rings. The second kappa shape index (κ2) is 8.69. The lowest BCUT2D eigenvalue weighted by molar-refractivity contribution is -0.121. The number of rotatable bonds is 8. The Morgan fingerprint density at radius 1 is 1.25 bits per heavy atom. The number of carbonyl (C=O) groups excluding carboxylic acids is 3. The first kappa shape index (κ1) is 19.6. The van der Waals surface area contributed by atoms with Crippen molar-refractivity contribution in [1.82, 2.24) is 20.4 Å². The van der Waals surface area contributed by atoms with Gasteiger partial charge in [-0.05, 0) is 36.1 Å². The van der Waals surface area contributed by atoms with Gasteiger partial charge < -0.3 is 10.6 Å². The molecule has 2 aromatic rings. The molecule has 1 atom stereocenters. The molecule has 8 heteroatoms. The number of anilines is 1. The fraction of sp³-hybridized carbons (Fsp3) is 0.400. The first-order valence-electron chi connectivity index (χ1n) is 9.44. The number of hydrogen-bond donors (Lipinski definition) is 2. The van der Waals surface area contributed by atoms with Gasteiger partial charge in [0.25, 0.3) is 5.91 Å². The maximum absolute atomic E-state index is 12.6. The summed E-state index contributed by atoms with van der Waals surface area (Å²) < 4.78 is 1.73. The Balaban J connectivity index is 1.49. The molecule has 2 N–H and O–H groups in total. The van der Waals surface area contributed by atoms with E-state index in [-0.39, 0.29) is 24.7 Å². The fourth-order valence-corrected chi connectivity index (χ4v) is 3.09. The average molecular weight is 383 g/mol. The number of amides is 4. The average Bonchev–Trinajstić information content (AvgIpc) is 3.28. The van der Waals surface area contributed by atoms with Gasteiger partial charge in [0.1, 0.15) is 6.04 Å². The van der Waals surface area contributed by atoms with Gasteiger partial charge in [0.05, 0.1) is 12.2 Å². The number of urea groups is 1. The largest absolute Gasteiger partial charge is 0.354 e. The van der Waals surface area contributed by atoms with E-state index < -0.39 is 12.1 Å². The molecule has 8 nitrogen and oxygen atoms in total. The van der Waals surface area contributed by atoms with Crippen molar-refractivity contribution in [2.24, 2.45) is 0 Å². The normalized spacial score (nSPS) is 16.5. The molecular formula is C20H25N5O3. The van der Waals surface area contributed by atoms with Crippen LogP contribution in [0.15, 0.2) is 42.7 Å². The molecular weight excluding hydrogens is 358 g/mol.